The third kappa shape index (κ3) is 3.26. The van der Waals surface area contributed by atoms with Gasteiger partial charge in [-0.1, -0.05) is 25.5 Å². The summed E-state index contributed by atoms with van der Waals surface area (Å²) >= 11 is 0. The molecule has 1 aliphatic rings. The Hall–Kier alpha value is -1.22. The van der Waals surface area contributed by atoms with Crippen LogP contribution in [0.3, 0.4) is 0 Å². The molecule has 1 aliphatic heterocycles. The molecule has 0 amide bonds. The number of benzene rings is 1. The molecule has 1 saturated heterocycles. The van der Waals surface area contributed by atoms with Crippen LogP contribution in [0.1, 0.15) is 45.1 Å². The second-order valence-corrected chi connectivity index (χ2v) is 5.90. The predicted molar refractivity (Wildman–Crippen MR) is 79.2 cm³/mol. The number of halogens is 1. The van der Waals surface area contributed by atoms with Crippen LogP contribution in [0.5, 0.6) is 0 Å². The van der Waals surface area contributed by atoms with Crippen molar-refractivity contribution in [1.29, 1.82) is 0 Å². The molecule has 0 bridgehead atoms. The number of carbonyl (C=O) groups excluding carboxylic acids is 1. The molecule has 2 rings (SSSR count). The van der Waals surface area contributed by atoms with Gasteiger partial charge in [-0.2, -0.15) is 0 Å². The summed E-state index contributed by atoms with van der Waals surface area (Å²) in [7, 11) is 0. The van der Waals surface area contributed by atoms with Gasteiger partial charge in [-0.05, 0) is 57.0 Å². The van der Waals surface area contributed by atoms with E-state index in [0.29, 0.717) is 6.42 Å². The Balaban J connectivity index is 2.09. The number of hydrogen-bond donors (Lipinski definition) is 0. The number of carbonyl (C=O) groups is 1. The van der Waals surface area contributed by atoms with E-state index in [9.17, 15) is 9.18 Å². The highest BCUT2D eigenvalue weighted by Crippen LogP contribution is 2.26. The van der Waals surface area contributed by atoms with Gasteiger partial charge >= 0.3 is 0 Å². The Bertz CT molecular complexity index is 451. The van der Waals surface area contributed by atoms with Crippen LogP contribution >= 0.6 is 0 Å². The maximum absolute atomic E-state index is 12.9. The van der Waals surface area contributed by atoms with Crippen LogP contribution in [0.15, 0.2) is 24.3 Å². The van der Waals surface area contributed by atoms with Crippen molar-refractivity contribution in [2.24, 2.45) is 0 Å². The molecule has 0 radical (unpaired) electrons. The van der Waals surface area contributed by atoms with Gasteiger partial charge in [0.2, 0.25) is 0 Å². The Labute approximate surface area is 121 Å². The summed E-state index contributed by atoms with van der Waals surface area (Å²) in [5.74, 6) is -0.0102. The van der Waals surface area contributed by atoms with Crippen LogP contribution in [-0.4, -0.2) is 29.3 Å². The third-order valence-corrected chi connectivity index (χ3v) is 4.62. The molecule has 20 heavy (non-hydrogen) atoms. The van der Waals surface area contributed by atoms with Crippen LogP contribution in [0.2, 0.25) is 0 Å². The summed E-state index contributed by atoms with van der Waals surface area (Å²) in [5.41, 5.74) is 0.516. The summed E-state index contributed by atoms with van der Waals surface area (Å²) in [5, 5.41) is 0. The summed E-state index contributed by atoms with van der Waals surface area (Å²) in [6.45, 7) is 6.17. The Morgan fingerprint density at radius 3 is 2.35 bits per heavy atom. The molecule has 1 atom stereocenters. The molecule has 1 aromatic rings. The lowest BCUT2D eigenvalue weighted by Crippen LogP contribution is -2.54. The largest absolute Gasteiger partial charge is 0.297 e. The molecule has 1 heterocycles. The van der Waals surface area contributed by atoms with Crippen LogP contribution in [0.25, 0.3) is 0 Å². The number of Topliss-reactive ketones (excluding diaryl/α,β-unsaturated/α-hetero) is 1. The van der Waals surface area contributed by atoms with Crippen molar-refractivity contribution >= 4 is 5.78 Å². The lowest BCUT2D eigenvalue weighted by Gasteiger charge is -2.42. The van der Waals surface area contributed by atoms with Gasteiger partial charge in [0.15, 0.2) is 5.78 Å². The van der Waals surface area contributed by atoms with E-state index in [0.717, 1.165) is 25.1 Å². The van der Waals surface area contributed by atoms with Gasteiger partial charge in [-0.3, -0.25) is 9.69 Å². The van der Waals surface area contributed by atoms with Crippen molar-refractivity contribution in [1.82, 2.24) is 4.90 Å². The smallest absolute Gasteiger partial charge is 0.157 e. The van der Waals surface area contributed by atoms with E-state index in [1.165, 1.54) is 31.4 Å². The molecule has 1 fully saturated rings. The average molecular weight is 277 g/mol. The SMILES string of the molecule is CCC(C)(C(=O)Cc1ccc(F)cc1)N1CCCCC1. The van der Waals surface area contributed by atoms with Crippen molar-refractivity contribution in [2.45, 2.75) is 51.5 Å². The van der Waals surface area contributed by atoms with E-state index in [2.05, 4.69) is 18.7 Å². The fourth-order valence-corrected chi connectivity index (χ4v) is 2.96. The fourth-order valence-electron chi connectivity index (χ4n) is 2.96. The fraction of sp³-hybridized carbons (Fsp3) is 0.588. The molecule has 0 spiro atoms. The second kappa shape index (κ2) is 6.49. The number of hydrogen-bond acceptors (Lipinski definition) is 2. The zero-order valence-electron chi connectivity index (χ0n) is 12.5. The molecule has 2 nitrogen and oxygen atoms in total. The third-order valence-electron chi connectivity index (χ3n) is 4.62. The maximum Gasteiger partial charge on any atom is 0.157 e. The van der Waals surface area contributed by atoms with E-state index >= 15 is 0 Å². The van der Waals surface area contributed by atoms with Crippen LogP contribution < -0.4 is 0 Å². The van der Waals surface area contributed by atoms with Crippen molar-refractivity contribution in [2.75, 3.05) is 13.1 Å². The van der Waals surface area contributed by atoms with Gasteiger partial charge in [-0.25, -0.2) is 4.39 Å². The van der Waals surface area contributed by atoms with Crippen molar-refractivity contribution in [3.8, 4) is 0 Å². The first-order chi connectivity index (χ1) is 9.56. The monoisotopic (exact) mass is 277 g/mol. The molecule has 1 aromatic carbocycles. The number of piperidine rings is 1. The van der Waals surface area contributed by atoms with Gasteiger partial charge < -0.3 is 0 Å². The summed E-state index contributed by atoms with van der Waals surface area (Å²) < 4.78 is 12.9. The van der Waals surface area contributed by atoms with E-state index in [-0.39, 0.29) is 17.1 Å². The van der Waals surface area contributed by atoms with Crippen molar-refractivity contribution < 1.29 is 9.18 Å². The highest BCUT2D eigenvalue weighted by Gasteiger charge is 2.37. The van der Waals surface area contributed by atoms with Gasteiger partial charge in [0.1, 0.15) is 5.82 Å². The van der Waals surface area contributed by atoms with Gasteiger partial charge in [0.05, 0.1) is 5.54 Å². The molecule has 0 N–H and O–H groups in total. The first-order valence-corrected chi connectivity index (χ1v) is 7.59. The lowest BCUT2D eigenvalue weighted by molar-refractivity contribution is -0.130. The van der Waals surface area contributed by atoms with Gasteiger partial charge in [-0.15, -0.1) is 0 Å². The van der Waals surface area contributed by atoms with E-state index in [1.54, 1.807) is 12.1 Å². The first kappa shape index (κ1) is 15.2. The number of likely N-dealkylation sites (tertiary alicyclic amines) is 1. The molecule has 0 saturated carbocycles. The van der Waals surface area contributed by atoms with E-state index in [1.807, 2.05) is 0 Å². The normalized spacial score (nSPS) is 19.6. The first-order valence-electron chi connectivity index (χ1n) is 7.59. The molecule has 1 unspecified atom stereocenters. The minimum Gasteiger partial charge on any atom is -0.297 e. The lowest BCUT2D eigenvalue weighted by atomic mass is 9.86. The average Bonchev–Trinajstić information content (AvgIpc) is 2.49. The molecular formula is C17H24FNO. The molecule has 0 aromatic heterocycles. The minimum atomic E-state index is -0.380. The van der Waals surface area contributed by atoms with Crippen molar-refractivity contribution in [3.05, 3.63) is 35.6 Å². The zero-order valence-corrected chi connectivity index (χ0v) is 12.5. The molecular weight excluding hydrogens is 253 g/mol. The molecule has 110 valence electrons. The molecule has 0 aliphatic carbocycles. The number of ketones is 1. The summed E-state index contributed by atoms with van der Waals surface area (Å²) in [4.78, 5) is 15.0. The molecule has 3 heteroatoms. The van der Waals surface area contributed by atoms with E-state index < -0.39 is 0 Å². The summed E-state index contributed by atoms with van der Waals surface area (Å²) in [6.07, 6.45) is 4.84. The Morgan fingerprint density at radius 1 is 1.20 bits per heavy atom. The van der Waals surface area contributed by atoms with Crippen LogP contribution in [-0.2, 0) is 11.2 Å². The summed E-state index contributed by atoms with van der Waals surface area (Å²) in [6, 6.07) is 6.26. The van der Waals surface area contributed by atoms with Gasteiger partial charge in [0, 0.05) is 6.42 Å². The van der Waals surface area contributed by atoms with E-state index in [4.69, 9.17) is 0 Å². The number of rotatable bonds is 5. The standard InChI is InChI=1S/C17H24FNO/c1-3-17(2,19-11-5-4-6-12-19)16(20)13-14-7-9-15(18)10-8-14/h7-10H,3-6,11-13H2,1-2H3. The van der Waals surface area contributed by atoms with Gasteiger partial charge in [0.25, 0.3) is 0 Å². The maximum atomic E-state index is 12.9. The highest BCUT2D eigenvalue weighted by molar-refractivity contribution is 5.89. The minimum absolute atomic E-state index is 0.244. The Kier molecular flexibility index (Phi) is 4.92. The van der Waals surface area contributed by atoms with Crippen molar-refractivity contribution in [3.63, 3.8) is 0 Å². The quantitative estimate of drug-likeness (QED) is 0.819. The number of nitrogens with zero attached hydrogens (tertiary/aromatic N) is 1. The second-order valence-electron chi connectivity index (χ2n) is 5.90. The topological polar surface area (TPSA) is 20.3 Å². The van der Waals surface area contributed by atoms with Crippen LogP contribution in [0.4, 0.5) is 4.39 Å². The Morgan fingerprint density at radius 2 is 1.80 bits per heavy atom. The zero-order chi connectivity index (χ0) is 14.6. The highest BCUT2D eigenvalue weighted by atomic mass is 19.1. The predicted octanol–water partition coefficient (Wildman–Crippen LogP) is 3.59. The van der Waals surface area contributed by atoms with Crippen LogP contribution in [0, 0.1) is 5.82 Å².